The van der Waals surface area contributed by atoms with Gasteiger partial charge in [-0.25, -0.2) is 0 Å². The highest BCUT2D eigenvalue weighted by Crippen LogP contribution is 2.57. The SMILES string of the molecule is c1ccc(C2(c3ccccc3)c3ccccc3-c3cc(N(c4ccc5c(ccc6ccccc65)c4)c4ccc5c(ccc6ccccc65)c4)ccc32)cc1. The second kappa shape index (κ2) is 12.0. The molecule has 11 rings (SSSR count). The highest BCUT2D eigenvalue weighted by molar-refractivity contribution is 6.10. The third-order valence-electron chi connectivity index (χ3n) is 11.7. The Hall–Kier alpha value is -6.96. The summed E-state index contributed by atoms with van der Waals surface area (Å²) < 4.78 is 0. The average Bonchev–Trinajstić information content (AvgIpc) is 3.54. The highest BCUT2D eigenvalue weighted by Gasteiger charge is 2.46. The Morgan fingerprint density at radius 1 is 0.278 bits per heavy atom. The first-order chi connectivity index (χ1) is 26.8. The molecule has 0 saturated heterocycles. The highest BCUT2D eigenvalue weighted by atomic mass is 15.1. The molecule has 0 aliphatic heterocycles. The second-order valence-electron chi connectivity index (χ2n) is 14.5. The summed E-state index contributed by atoms with van der Waals surface area (Å²) in [6, 6.07) is 78.5. The van der Waals surface area contributed by atoms with E-state index in [2.05, 4.69) is 217 Å². The Morgan fingerprint density at radius 3 is 1.30 bits per heavy atom. The molecule has 0 radical (unpaired) electrons. The average molecular weight is 686 g/mol. The lowest BCUT2D eigenvalue weighted by Crippen LogP contribution is -2.28. The summed E-state index contributed by atoms with van der Waals surface area (Å²) in [5.41, 5.74) is 10.6. The summed E-state index contributed by atoms with van der Waals surface area (Å²) in [6.07, 6.45) is 0. The van der Waals surface area contributed by atoms with Crippen molar-refractivity contribution >= 4 is 60.2 Å². The van der Waals surface area contributed by atoms with E-state index in [0.717, 1.165) is 17.1 Å². The van der Waals surface area contributed by atoms with Crippen LogP contribution in [0.25, 0.3) is 54.2 Å². The number of hydrogen-bond donors (Lipinski definition) is 0. The molecular weight excluding hydrogens is 651 g/mol. The predicted molar refractivity (Wildman–Crippen MR) is 228 cm³/mol. The van der Waals surface area contributed by atoms with Crippen molar-refractivity contribution in [2.45, 2.75) is 5.41 Å². The number of benzene rings is 10. The predicted octanol–water partition coefficient (Wildman–Crippen LogP) is 14.1. The van der Waals surface area contributed by atoms with Crippen molar-refractivity contribution in [1.29, 1.82) is 0 Å². The van der Waals surface area contributed by atoms with Gasteiger partial charge < -0.3 is 4.90 Å². The van der Waals surface area contributed by atoms with Gasteiger partial charge in [0.15, 0.2) is 0 Å². The monoisotopic (exact) mass is 685 g/mol. The largest absolute Gasteiger partial charge is 0.310 e. The quantitative estimate of drug-likeness (QED) is 0.163. The van der Waals surface area contributed by atoms with Gasteiger partial charge in [-0.3, -0.25) is 0 Å². The zero-order chi connectivity index (χ0) is 35.6. The lowest BCUT2D eigenvalue weighted by atomic mass is 9.68. The van der Waals surface area contributed by atoms with Crippen LogP contribution in [0, 0.1) is 0 Å². The van der Waals surface area contributed by atoms with Gasteiger partial charge in [0.1, 0.15) is 0 Å². The molecule has 0 bridgehead atoms. The van der Waals surface area contributed by atoms with Crippen molar-refractivity contribution in [2.75, 3.05) is 4.90 Å². The third kappa shape index (κ3) is 4.52. The van der Waals surface area contributed by atoms with E-state index in [1.807, 2.05) is 0 Å². The van der Waals surface area contributed by atoms with Gasteiger partial charge in [-0.05, 0) is 113 Å². The Morgan fingerprint density at radius 2 is 0.704 bits per heavy atom. The van der Waals surface area contributed by atoms with E-state index in [-0.39, 0.29) is 0 Å². The van der Waals surface area contributed by atoms with E-state index in [0.29, 0.717) is 0 Å². The van der Waals surface area contributed by atoms with Gasteiger partial charge in [0.2, 0.25) is 0 Å². The molecule has 0 aromatic heterocycles. The summed E-state index contributed by atoms with van der Waals surface area (Å²) in [5.74, 6) is 0. The van der Waals surface area contributed by atoms with Crippen LogP contribution in [0.3, 0.4) is 0 Å². The molecule has 0 unspecified atom stereocenters. The molecule has 10 aromatic rings. The van der Waals surface area contributed by atoms with Gasteiger partial charge in [0.25, 0.3) is 0 Å². The fraction of sp³-hybridized carbons (Fsp3) is 0.0189. The van der Waals surface area contributed by atoms with Crippen LogP contribution >= 0.6 is 0 Å². The van der Waals surface area contributed by atoms with Crippen molar-refractivity contribution in [2.24, 2.45) is 0 Å². The molecule has 0 amide bonds. The number of rotatable bonds is 5. The van der Waals surface area contributed by atoms with Gasteiger partial charge in [-0.2, -0.15) is 0 Å². The summed E-state index contributed by atoms with van der Waals surface area (Å²) in [7, 11) is 0. The fourth-order valence-corrected chi connectivity index (χ4v) is 9.30. The first-order valence-electron chi connectivity index (χ1n) is 18.8. The molecule has 0 heterocycles. The Balaban J connectivity index is 1.16. The van der Waals surface area contributed by atoms with Crippen LogP contribution in [0.5, 0.6) is 0 Å². The topological polar surface area (TPSA) is 3.24 Å². The van der Waals surface area contributed by atoms with Crippen LogP contribution in [0.2, 0.25) is 0 Å². The van der Waals surface area contributed by atoms with E-state index in [4.69, 9.17) is 0 Å². The van der Waals surface area contributed by atoms with Gasteiger partial charge in [0.05, 0.1) is 5.41 Å². The van der Waals surface area contributed by atoms with Crippen molar-refractivity contribution in [3.05, 3.63) is 235 Å². The van der Waals surface area contributed by atoms with Crippen LogP contribution < -0.4 is 4.90 Å². The van der Waals surface area contributed by atoms with Gasteiger partial charge in [-0.15, -0.1) is 0 Å². The maximum Gasteiger partial charge on any atom is 0.0713 e. The molecule has 0 N–H and O–H groups in total. The second-order valence-corrected chi connectivity index (χ2v) is 14.5. The smallest absolute Gasteiger partial charge is 0.0713 e. The summed E-state index contributed by atoms with van der Waals surface area (Å²) >= 11 is 0. The minimum Gasteiger partial charge on any atom is -0.310 e. The van der Waals surface area contributed by atoms with E-state index in [1.165, 1.54) is 76.5 Å². The van der Waals surface area contributed by atoms with Crippen LogP contribution in [-0.2, 0) is 5.41 Å². The molecule has 252 valence electrons. The van der Waals surface area contributed by atoms with Crippen molar-refractivity contribution in [1.82, 2.24) is 0 Å². The zero-order valence-corrected chi connectivity index (χ0v) is 29.7. The molecule has 10 aromatic carbocycles. The third-order valence-corrected chi connectivity index (χ3v) is 11.7. The Kier molecular flexibility index (Phi) is 6.84. The molecule has 1 heteroatoms. The molecule has 0 atom stereocenters. The van der Waals surface area contributed by atoms with Crippen LogP contribution in [-0.4, -0.2) is 0 Å². The summed E-state index contributed by atoms with van der Waals surface area (Å²) in [6.45, 7) is 0. The molecule has 54 heavy (non-hydrogen) atoms. The zero-order valence-electron chi connectivity index (χ0n) is 29.7. The first-order valence-corrected chi connectivity index (χ1v) is 18.8. The Bertz CT molecular complexity index is 2890. The maximum atomic E-state index is 2.44. The standard InChI is InChI=1S/C53H35N/c1-3-15-40(16-4-1)53(41-17-5-2-6-18-41)51-22-12-11-21-49(51)50-35-44(29-32-52(50)53)54(42-27-30-47-38(33-42)25-23-36-13-7-9-19-45(36)47)43-28-31-48-39(34-43)26-24-37-14-8-10-20-46(37)48/h1-35H. The fourth-order valence-electron chi connectivity index (χ4n) is 9.30. The number of fused-ring (bicyclic) bond motifs is 9. The van der Waals surface area contributed by atoms with Crippen molar-refractivity contribution in [3.63, 3.8) is 0 Å². The lowest BCUT2D eigenvalue weighted by molar-refractivity contribution is 0.768. The molecule has 1 aliphatic carbocycles. The molecular formula is C53H35N. The minimum absolute atomic E-state index is 0.439. The lowest BCUT2D eigenvalue weighted by Gasteiger charge is -2.34. The van der Waals surface area contributed by atoms with Crippen molar-refractivity contribution < 1.29 is 0 Å². The number of anilines is 3. The minimum atomic E-state index is -0.439. The molecule has 1 nitrogen and oxygen atoms in total. The van der Waals surface area contributed by atoms with Gasteiger partial charge in [-0.1, -0.05) is 176 Å². The first kappa shape index (κ1) is 30.6. The Labute approximate surface area is 315 Å². The number of nitrogens with zero attached hydrogens (tertiary/aromatic N) is 1. The van der Waals surface area contributed by atoms with Gasteiger partial charge in [0, 0.05) is 17.1 Å². The molecule has 0 spiro atoms. The molecule has 0 fully saturated rings. The maximum absolute atomic E-state index is 2.44. The molecule has 1 aliphatic rings. The van der Waals surface area contributed by atoms with E-state index >= 15 is 0 Å². The van der Waals surface area contributed by atoms with E-state index < -0.39 is 5.41 Å². The number of hydrogen-bond acceptors (Lipinski definition) is 1. The van der Waals surface area contributed by atoms with Crippen LogP contribution in [0.15, 0.2) is 212 Å². The van der Waals surface area contributed by atoms with E-state index in [9.17, 15) is 0 Å². The molecule has 0 saturated carbocycles. The summed E-state index contributed by atoms with van der Waals surface area (Å²) in [4.78, 5) is 2.44. The normalized spacial score (nSPS) is 13.0. The van der Waals surface area contributed by atoms with Crippen LogP contribution in [0.4, 0.5) is 17.1 Å². The van der Waals surface area contributed by atoms with Crippen molar-refractivity contribution in [3.8, 4) is 11.1 Å². The van der Waals surface area contributed by atoms with E-state index in [1.54, 1.807) is 0 Å². The summed E-state index contributed by atoms with van der Waals surface area (Å²) in [5, 5.41) is 10.0. The van der Waals surface area contributed by atoms with Crippen LogP contribution in [0.1, 0.15) is 22.3 Å². The van der Waals surface area contributed by atoms with Gasteiger partial charge >= 0.3 is 0 Å².